The van der Waals surface area contributed by atoms with Crippen molar-refractivity contribution in [1.29, 1.82) is 5.26 Å². The molecule has 0 N–H and O–H groups in total. The van der Waals surface area contributed by atoms with Crippen LogP contribution in [0, 0.1) is 51.8 Å². The first-order valence-electron chi connectivity index (χ1n) is 10.1. The lowest BCUT2D eigenvalue weighted by Crippen LogP contribution is -2.50. The second-order valence-electron chi connectivity index (χ2n) is 9.56. The highest BCUT2D eigenvalue weighted by molar-refractivity contribution is 5.25. The number of hydrogen-bond acceptors (Lipinski definition) is 1. The molecule has 0 radical (unpaired) electrons. The van der Waals surface area contributed by atoms with Gasteiger partial charge in [0.25, 0.3) is 0 Å². The molecular weight excluding hydrogens is 278 g/mol. The number of nitriles is 1. The van der Waals surface area contributed by atoms with Gasteiger partial charge in [0.15, 0.2) is 0 Å². The van der Waals surface area contributed by atoms with Crippen LogP contribution in [0.25, 0.3) is 0 Å². The maximum absolute atomic E-state index is 9.47. The van der Waals surface area contributed by atoms with E-state index < -0.39 is 0 Å². The summed E-state index contributed by atoms with van der Waals surface area (Å²) in [6, 6.07) is 2.58. The average molecular weight is 312 g/mol. The zero-order valence-corrected chi connectivity index (χ0v) is 15.3. The van der Waals surface area contributed by atoms with Crippen LogP contribution in [0.1, 0.15) is 78.6 Å². The smallest absolute Gasteiger partial charge is 0.0659 e. The second kappa shape index (κ2) is 5.37. The van der Waals surface area contributed by atoms with Gasteiger partial charge in [0.05, 0.1) is 12.0 Å². The lowest BCUT2D eigenvalue weighted by Gasteiger charge is -2.58. The molecule has 23 heavy (non-hydrogen) atoms. The summed E-state index contributed by atoms with van der Waals surface area (Å²) in [5.41, 5.74) is 2.68. The van der Waals surface area contributed by atoms with Gasteiger partial charge in [-0.2, -0.15) is 5.26 Å². The molecule has 7 atom stereocenters. The molecule has 0 saturated heterocycles. The maximum Gasteiger partial charge on any atom is 0.0659 e. The van der Waals surface area contributed by atoms with Crippen LogP contribution >= 0.6 is 0 Å². The summed E-state index contributed by atoms with van der Waals surface area (Å²) in [7, 11) is 0. The Hall–Kier alpha value is -0.770. The van der Waals surface area contributed by atoms with Crippen molar-refractivity contribution in [2.24, 2.45) is 40.4 Å². The highest BCUT2D eigenvalue weighted by atomic mass is 14.6. The Kier molecular flexibility index (Phi) is 3.67. The zero-order valence-electron chi connectivity index (χ0n) is 15.3. The van der Waals surface area contributed by atoms with E-state index in [1.54, 1.807) is 5.57 Å². The molecule has 0 unspecified atom stereocenters. The van der Waals surface area contributed by atoms with Crippen molar-refractivity contribution in [3.63, 3.8) is 0 Å². The van der Waals surface area contributed by atoms with E-state index in [1.807, 2.05) is 0 Å². The van der Waals surface area contributed by atoms with Gasteiger partial charge in [-0.1, -0.05) is 38.8 Å². The third-order valence-corrected chi connectivity index (χ3v) is 8.93. The monoisotopic (exact) mass is 311 g/mol. The molecule has 4 aliphatic carbocycles. The van der Waals surface area contributed by atoms with Crippen LogP contribution in [0.4, 0.5) is 0 Å². The van der Waals surface area contributed by atoms with Crippen molar-refractivity contribution < 1.29 is 0 Å². The summed E-state index contributed by atoms with van der Waals surface area (Å²) in [5, 5.41) is 9.47. The molecule has 0 aromatic rings. The number of fused-ring (bicyclic) bond motifs is 5. The van der Waals surface area contributed by atoms with Gasteiger partial charge in [0.1, 0.15) is 0 Å². The van der Waals surface area contributed by atoms with Crippen LogP contribution in [-0.2, 0) is 0 Å². The van der Waals surface area contributed by atoms with Gasteiger partial charge < -0.3 is 0 Å². The van der Waals surface area contributed by atoms with Gasteiger partial charge in [-0.25, -0.2) is 0 Å². The Balaban J connectivity index is 1.66. The predicted molar refractivity (Wildman–Crippen MR) is 94.6 cm³/mol. The van der Waals surface area contributed by atoms with Gasteiger partial charge in [-0.05, 0) is 85.9 Å². The number of nitrogens with zero attached hydrogens (tertiary/aromatic N) is 1. The predicted octanol–water partition coefficient (Wildman–Crippen LogP) is 6.12. The molecule has 1 nitrogen and oxygen atoms in total. The minimum atomic E-state index is 0.266. The summed E-state index contributed by atoms with van der Waals surface area (Å²) in [6.45, 7) is 7.56. The standard InChI is InChI=1S/C22H33N/c1-4-16-8-10-19-18-9-7-17-6-5-15(14-23)13-22(17,3)20(18)11-12-21(16,19)2/h6,15-16,18-20H,4-5,7-13H2,1-3H3/t15-,16-,18-,19-,20-,21+,22-/m0/s1. The van der Waals surface area contributed by atoms with Gasteiger partial charge >= 0.3 is 0 Å². The molecule has 4 aliphatic rings. The third kappa shape index (κ3) is 2.09. The molecule has 0 aromatic carbocycles. The van der Waals surface area contributed by atoms with Gasteiger partial charge in [-0.3, -0.25) is 0 Å². The SMILES string of the molecule is CC[C@H]1CC[C@H]2[C@@H]3CCC4=CC[C@H](C#N)C[C@]4(C)[C@H]3CC[C@]12C. The Morgan fingerprint density at radius 3 is 2.74 bits per heavy atom. The minimum Gasteiger partial charge on any atom is -0.198 e. The summed E-state index contributed by atoms with van der Waals surface area (Å²) in [6.07, 6.45) is 14.5. The molecule has 126 valence electrons. The van der Waals surface area contributed by atoms with Crippen LogP contribution in [0.5, 0.6) is 0 Å². The van der Waals surface area contributed by atoms with Gasteiger partial charge in [0.2, 0.25) is 0 Å². The molecular formula is C22H33N. The molecule has 1 heteroatoms. The van der Waals surface area contributed by atoms with E-state index >= 15 is 0 Å². The number of allylic oxidation sites excluding steroid dienone is 2. The van der Waals surface area contributed by atoms with Crippen LogP contribution in [0.3, 0.4) is 0 Å². The summed E-state index contributed by atoms with van der Waals surface area (Å²) >= 11 is 0. The molecule has 0 aliphatic heterocycles. The van der Waals surface area contributed by atoms with Crippen molar-refractivity contribution in [3.05, 3.63) is 11.6 Å². The van der Waals surface area contributed by atoms with E-state index in [-0.39, 0.29) is 5.92 Å². The first-order valence-corrected chi connectivity index (χ1v) is 10.1. The fraction of sp³-hybridized carbons (Fsp3) is 0.864. The van der Waals surface area contributed by atoms with Crippen molar-refractivity contribution in [2.45, 2.75) is 78.6 Å². The van der Waals surface area contributed by atoms with Crippen LogP contribution < -0.4 is 0 Å². The fourth-order valence-electron chi connectivity index (χ4n) is 7.70. The summed E-state index contributed by atoms with van der Waals surface area (Å²) in [5.74, 6) is 3.99. The van der Waals surface area contributed by atoms with Crippen LogP contribution in [0.15, 0.2) is 11.6 Å². The van der Waals surface area contributed by atoms with E-state index in [1.165, 1.54) is 44.9 Å². The zero-order chi connectivity index (χ0) is 16.2. The Morgan fingerprint density at radius 1 is 1.17 bits per heavy atom. The topological polar surface area (TPSA) is 23.8 Å². The van der Waals surface area contributed by atoms with Crippen molar-refractivity contribution in [1.82, 2.24) is 0 Å². The number of hydrogen-bond donors (Lipinski definition) is 0. The van der Waals surface area contributed by atoms with E-state index in [2.05, 4.69) is 32.9 Å². The maximum atomic E-state index is 9.47. The van der Waals surface area contributed by atoms with E-state index in [9.17, 15) is 5.26 Å². The van der Waals surface area contributed by atoms with E-state index in [0.717, 1.165) is 36.5 Å². The lowest BCUT2D eigenvalue weighted by atomic mass is 9.46. The first kappa shape index (κ1) is 15.7. The first-order chi connectivity index (χ1) is 11.0. The summed E-state index contributed by atoms with van der Waals surface area (Å²) in [4.78, 5) is 0. The second-order valence-corrected chi connectivity index (χ2v) is 9.56. The van der Waals surface area contributed by atoms with E-state index in [4.69, 9.17) is 0 Å². The lowest BCUT2D eigenvalue weighted by molar-refractivity contribution is -0.0541. The molecule has 0 aromatic heterocycles. The highest BCUT2D eigenvalue weighted by Crippen LogP contribution is 2.67. The Morgan fingerprint density at radius 2 is 2.00 bits per heavy atom. The summed E-state index contributed by atoms with van der Waals surface area (Å²) < 4.78 is 0. The van der Waals surface area contributed by atoms with Gasteiger partial charge in [-0.15, -0.1) is 0 Å². The molecule has 3 fully saturated rings. The van der Waals surface area contributed by atoms with Crippen LogP contribution in [0.2, 0.25) is 0 Å². The fourth-order valence-corrected chi connectivity index (χ4v) is 7.70. The molecule has 0 heterocycles. The molecule has 0 amide bonds. The Bertz CT molecular complexity index is 555. The number of rotatable bonds is 1. The molecule has 4 rings (SSSR count). The average Bonchev–Trinajstić information content (AvgIpc) is 2.90. The Labute approximate surface area is 142 Å². The molecule has 0 bridgehead atoms. The third-order valence-electron chi connectivity index (χ3n) is 8.93. The molecule has 3 saturated carbocycles. The van der Waals surface area contributed by atoms with Crippen molar-refractivity contribution >= 4 is 0 Å². The largest absolute Gasteiger partial charge is 0.198 e. The van der Waals surface area contributed by atoms with Crippen molar-refractivity contribution in [3.8, 4) is 6.07 Å². The normalized spacial score (nSPS) is 51.9. The quantitative estimate of drug-likeness (QED) is 0.535. The van der Waals surface area contributed by atoms with Crippen molar-refractivity contribution in [2.75, 3.05) is 0 Å². The minimum absolute atomic E-state index is 0.266. The molecule has 0 spiro atoms. The van der Waals surface area contributed by atoms with Crippen LogP contribution in [-0.4, -0.2) is 0 Å². The highest BCUT2D eigenvalue weighted by Gasteiger charge is 2.58. The van der Waals surface area contributed by atoms with Gasteiger partial charge in [0, 0.05) is 0 Å². The van der Waals surface area contributed by atoms with E-state index in [0.29, 0.717) is 10.8 Å².